The van der Waals surface area contributed by atoms with Crippen molar-refractivity contribution in [2.24, 2.45) is 5.73 Å². The van der Waals surface area contributed by atoms with Gasteiger partial charge in [0.15, 0.2) is 0 Å². The molecule has 2 rings (SSSR count). The molecular formula is C10H8N4O. The van der Waals surface area contributed by atoms with Gasteiger partial charge in [0.2, 0.25) is 0 Å². The number of aryl methyl sites for hydroxylation is 1. The minimum Gasteiger partial charge on any atom is -0.366 e. The highest BCUT2D eigenvalue weighted by Gasteiger charge is 2.14. The van der Waals surface area contributed by atoms with Crippen molar-refractivity contribution in [2.45, 2.75) is 6.92 Å². The number of nitriles is 1. The van der Waals surface area contributed by atoms with Gasteiger partial charge in [-0.2, -0.15) is 10.4 Å². The van der Waals surface area contributed by atoms with Crippen molar-refractivity contribution in [1.82, 2.24) is 10.2 Å². The predicted molar refractivity (Wildman–Crippen MR) is 54.1 cm³/mol. The number of rotatable bonds is 1. The fourth-order valence-corrected chi connectivity index (χ4v) is 1.57. The highest BCUT2D eigenvalue weighted by atomic mass is 16.1. The zero-order valence-electron chi connectivity index (χ0n) is 8.03. The first-order chi connectivity index (χ1) is 7.15. The van der Waals surface area contributed by atoms with Crippen molar-refractivity contribution < 1.29 is 4.79 Å². The number of aromatic amines is 1. The van der Waals surface area contributed by atoms with Crippen LogP contribution in [0.1, 0.15) is 21.6 Å². The van der Waals surface area contributed by atoms with E-state index in [0.717, 1.165) is 5.69 Å². The number of benzene rings is 1. The Balaban J connectivity index is 2.93. The Morgan fingerprint density at radius 3 is 2.93 bits per heavy atom. The number of hydrogen-bond acceptors (Lipinski definition) is 3. The summed E-state index contributed by atoms with van der Waals surface area (Å²) in [5, 5.41) is 16.3. The fraction of sp³-hybridized carbons (Fsp3) is 0.100. The monoisotopic (exact) mass is 200 g/mol. The number of nitrogens with one attached hydrogen (secondary N) is 1. The molecule has 0 fully saturated rings. The summed E-state index contributed by atoms with van der Waals surface area (Å²) >= 11 is 0. The number of H-pyrrole nitrogens is 1. The smallest absolute Gasteiger partial charge is 0.250 e. The number of nitrogens with zero attached hydrogens (tertiary/aromatic N) is 2. The normalized spacial score (nSPS) is 10.1. The third-order valence-electron chi connectivity index (χ3n) is 2.27. The molecule has 3 N–H and O–H groups in total. The molecule has 0 radical (unpaired) electrons. The number of fused-ring (bicyclic) bond motifs is 1. The number of carbonyl (C=O) groups excluding carboxylic acids is 1. The van der Waals surface area contributed by atoms with E-state index < -0.39 is 5.91 Å². The molecule has 0 atom stereocenters. The first-order valence-electron chi connectivity index (χ1n) is 4.32. The zero-order valence-corrected chi connectivity index (χ0v) is 8.03. The molecule has 1 aromatic carbocycles. The number of aromatic nitrogens is 2. The summed E-state index contributed by atoms with van der Waals surface area (Å²) in [5.74, 6) is -0.545. The van der Waals surface area contributed by atoms with Gasteiger partial charge >= 0.3 is 0 Å². The Labute approximate surface area is 85.5 Å². The first-order valence-corrected chi connectivity index (χ1v) is 4.32. The molecule has 0 aliphatic carbocycles. The van der Waals surface area contributed by atoms with Crippen molar-refractivity contribution in [3.8, 4) is 6.07 Å². The van der Waals surface area contributed by atoms with E-state index in [-0.39, 0.29) is 0 Å². The van der Waals surface area contributed by atoms with E-state index in [1.54, 1.807) is 13.0 Å². The maximum Gasteiger partial charge on any atom is 0.250 e. The Kier molecular flexibility index (Phi) is 1.90. The number of primary amides is 1. The largest absolute Gasteiger partial charge is 0.366 e. The number of nitrogens with two attached hydrogens (primary N) is 1. The summed E-state index contributed by atoms with van der Waals surface area (Å²) in [4.78, 5) is 11.1. The summed E-state index contributed by atoms with van der Waals surface area (Å²) in [7, 11) is 0. The molecule has 1 heterocycles. The van der Waals surface area contributed by atoms with Crippen LogP contribution in [0.3, 0.4) is 0 Å². The van der Waals surface area contributed by atoms with Gasteiger partial charge in [-0.3, -0.25) is 9.89 Å². The van der Waals surface area contributed by atoms with Crippen LogP contribution in [0.2, 0.25) is 0 Å². The minimum absolute atomic E-state index is 0.327. The van der Waals surface area contributed by atoms with Gasteiger partial charge < -0.3 is 5.73 Å². The summed E-state index contributed by atoms with van der Waals surface area (Å²) in [6, 6.07) is 5.14. The van der Waals surface area contributed by atoms with Crippen LogP contribution in [0, 0.1) is 18.3 Å². The van der Waals surface area contributed by atoms with Crippen LogP contribution in [0.5, 0.6) is 0 Å². The maximum atomic E-state index is 11.1. The van der Waals surface area contributed by atoms with E-state index in [2.05, 4.69) is 16.3 Å². The van der Waals surface area contributed by atoms with E-state index >= 15 is 0 Å². The van der Waals surface area contributed by atoms with E-state index in [9.17, 15) is 4.79 Å². The van der Waals surface area contributed by atoms with Crippen molar-refractivity contribution >= 4 is 16.8 Å². The van der Waals surface area contributed by atoms with Crippen LogP contribution < -0.4 is 5.73 Å². The molecule has 0 aliphatic heterocycles. The maximum absolute atomic E-state index is 11.1. The SMILES string of the molecule is Cc1[nH]nc2c(C(N)=O)ccc(C#N)c12. The van der Waals surface area contributed by atoms with Crippen LogP contribution in [-0.2, 0) is 0 Å². The van der Waals surface area contributed by atoms with Gasteiger partial charge in [-0.15, -0.1) is 0 Å². The van der Waals surface area contributed by atoms with Crippen molar-refractivity contribution in [1.29, 1.82) is 5.26 Å². The quantitative estimate of drug-likeness (QED) is 0.713. The topological polar surface area (TPSA) is 95.6 Å². The Morgan fingerprint density at radius 2 is 2.33 bits per heavy atom. The molecule has 0 saturated carbocycles. The third kappa shape index (κ3) is 1.23. The predicted octanol–water partition coefficient (Wildman–Crippen LogP) is 0.842. The second-order valence-electron chi connectivity index (χ2n) is 3.21. The highest BCUT2D eigenvalue weighted by Crippen LogP contribution is 2.22. The molecule has 0 unspecified atom stereocenters. The summed E-state index contributed by atoms with van der Waals surface area (Å²) in [6.07, 6.45) is 0. The lowest BCUT2D eigenvalue weighted by Crippen LogP contribution is -2.11. The van der Waals surface area contributed by atoms with Crippen LogP contribution >= 0.6 is 0 Å². The average Bonchev–Trinajstić information content (AvgIpc) is 2.60. The van der Waals surface area contributed by atoms with E-state index in [1.165, 1.54) is 6.07 Å². The van der Waals surface area contributed by atoms with Crippen LogP contribution in [0.25, 0.3) is 10.9 Å². The molecule has 15 heavy (non-hydrogen) atoms. The molecule has 2 aromatic rings. The fourth-order valence-electron chi connectivity index (χ4n) is 1.57. The zero-order chi connectivity index (χ0) is 11.0. The molecule has 5 nitrogen and oxygen atoms in total. The van der Waals surface area contributed by atoms with Crippen LogP contribution in [0.15, 0.2) is 12.1 Å². The summed E-state index contributed by atoms with van der Waals surface area (Å²) in [5.41, 5.74) is 7.23. The lowest BCUT2D eigenvalue weighted by atomic mass is 10.0. The highest BCUT2D eigenvalue weighted by molar-refractivity contribution is 6.06. The standard InChI is InChI=1S/C10H8N4O/c1-5-8-6(4-11)2-3-7(10(12)15)9(8)14-13-5/h2-3H,1H3,(H2,12,15)(H,13,14). The number of amides is 1. The van der Waals surface area contributed by atoms with E-state index in [4.69, 9.17) is 11.0 Å². The summed E-state index contributed by atoms with van der Waals surface area (Å²) in [6.45, 7) is 1.79. The lowest BCUT2D eigenvalue weighted by Gasteiger charge is -1.98. The Hall–Kier alpha value is -2.35. The molecule has 0 spiro atoms. The number of hydrogen-bond donors (Lipinski definition) is 2. The van der Waals surface area contributed by atoms with E-state index in [0.29, 0.717) is 22.0 Å². The molecule has 1 aromatic heterocycles. The van der Waals surface area contributed by atoms with Crippen LogP contribution in [-0.4, -0.2) is 16.1 Å². The lowest BCUT2D eigenvalue weighted by molar-refractivity contribution is 0.100. The average molecular weight is 200 g/mol. The number of carbonyl (C=O) groups is 1. The van der Waals surface area contributed by atoms with Crippen LogP contribution in [0.4, 0.5) is 0 Å². The minimum atomic E-state index is -0.545. The molecule has 0 saturated heterocycles. The Bertz CT molecular complexity index is 591. The third-order valence-corrected chi connectivity index (χ3v) is 2.27. The van der Waals surface area contributed by atoms with Gasteiger partial charge in [0.05, 0.1) is 17.2 Å². The second-order valence-corrected chi connectivity index (χ2v) is 3.21. The molecule has 5 heteroatoms. The van der Waals surface area contributed by atoms with Crippen molar-refractivity contribution in [2.75, 3.05) is 0 Å². The van der Waals surface area contributed by atoms with Gasteiger partial charge in [-0.1, -0.05) is 0 Å². The second kappa shape index (κ2) is 3.10. The van der Waals surface area contributed by atoms with Gasteiger partial charge in [0.1, 0.15) is 5.52 Å². The molecule has 0 bridgehead atoms. The van der Waals surface area contributed by atoms with Gasteiger partial charge in [0, 0.05) is 11.1 Å². The first kappa shape index (κ1) is 9.21. The van der Waals surface area contributed by atoms with Crippen molar-refractivity contribution in [3.05, 3.63) is 29.0 Å². The van der Waals surface area contributed by atoms with Crippen molar-refractivity contribution in [3.63, 3.8) is 0 Å². The van der Waals surface area contributed by atoms with E-state index in [1.807, 2.05) is 0 Å². The van der Waals surface area contributed by atoms with Gasteiger partial charge in [0.25, 0.3) is 5.91 Å². The van der Waals surface area contributed by atoms with Gasteiger partial charge in [-0.25, -0.2) is 0 Å². The molecular weight excluding hydrogens is 192 g/mol. The molecule has 74 valence electrons. The molecule has 1 amide bonds. The van der Waals surface area contributed by atoms with Gasteiger partial charge in [-0.05, 0) is 19.1 Å². The summed E-state index contributed by atoms with van der Waals surface area (Å²) < 4.78 is 0. The Morgan fingerprint density at radius 1 is 1.60 bits per heavy atom. The molecule has 0 aliphatic rings.